The first kappa shape index (κ1) is 18.1. The molecule has 0 atom stereocenters. The Morgan fingerprint density at radius 2 is 1.85 bits per heavy atom. The molecule has 142 valence electrons. The lowest BCUT2D eigenvalue weighted by Crippen LogP contribution is -2.26. The molecule has 0 spiro atoms. The molecule has 2 aromatic carbocycles. The van der Waals surface area contributed by atoms with Crippen molar-refractivity contribution in [2.45, 2.75) is 18.4 Å². The molecule has 6 heteroatoms. The fraction of sp³-hybridized carbons (Fsp3) is 0.286. The monoisotopic (exact) mass is 383 g/mol. The van der Waals surface area contributed by atoms with Crippen LogP contribution in [0, 0.1) is 6.92 Å². The Kier molecular flexibility index (Phi) is 4.50. The molecule has 0 saturated carbocycles. The molecule has 0 aliphatic carbocycles. The predicted octanol–water partition coefficient (Wildman–Crippen LogP) is 4.74. The van der Waals surface area contributed by atoms with E-state index < -0.39 is 10.6 Å². The molecule has 4 rings (SSSR count). The van der Waals surface area contributed by atoms with Crippen LogP contribution >= 0.6 is 10.6 Å². The number of benzene rings is 2. The van der Waals surface area contributed by atoms with Gasteiger partial charge in [-0.05, 0) is 30.7 Å². The number of pyridine rings is 1. The van der Waals surface area contributed by atoms with Crippen LogP contribution in [0.3, 0.4) is 0 Å². The molecule has 0 unspecified atom stereocenters. The summed E-state index contributed by atoms with van der Waals surface area (Å²) in [7, 11) is 1.30. The molecule has 2 N–H and O–H groups in total. The molecular formula is C21H25N3O2S. The number of rotatable bonds is 2. The Labute approximate surface area is 161 Å². The van der Waals surface area contributed by atoms with E-state index in [1.807, 2.05) is 38.4 Å². The lowest BCUT2D eigenvalue weighted by Gasteiger charge is -2.32. The second kappa shape index (κ2) is 6.71. The maximum absolute atomic E-state index is 10.6. The molecule has 3 aromatic rings. The highest BCUT2D eigenvalue weighted by Gasteiger charge is 2.26. The van der Waals surface area contributed by atoms with Crippen LogP contribution in [0.1, 0.15) is 11.1 Å². The van der Waals surface area contributed by atoms with Gasteiger partial charge in [0.15, 0.2) is 0 Å². The van der Waals surface area contributed by atoms with Gasteiger partial charge in [-0.1, -0.05) is 29.8 Å². The van der Waals surface area contributed by atoms with Gasteiger partial charge < -0.3 is 9.80 Å². The minimum Gasteiger partial charge on any atom is -0.377 e. The van der Waals surface area contributed by atoms with E-state index in [9.17, 15) is 9.11 Å². The summed E-state index contributed by atoms with van der Waals surface area (Å²) < 4.78 is 21.2. The topological polar surface area (TPSA) is 59.8 Å². The number of hydrogen-bond donors (Lipinski definition) is 2. The summed E-state index contributed by atoms with van der Waals surface area (Å²) in [5, 5.41) is 1.13. The van der Waals surface area contributed by atoms with Crippen molar-refractivity contribution < 1.29 is 9.11 Å². The van der Waals surface area contributed by atoms with Crippen LogP contribution in [-0.4, -0.2) is 40.5 Å². The zero-order chi connectivity index (χ0) is 19.2. The Morgan fingerprint density at radius 1 is 1.07 bits per heavy atom. The van der Waals surface area contributed by atoms with Crippen LogP contribution < -0.4 is 9.80 Å². The van der Waals surface area contributed by atoms with Gasteiger partial charge in [-0.15, -0.1) is 0 Å². The Bertz CT molecular complexity index is 1000. The molecular weight excluding hydrogens is 358 g/mol. The van der Waals surface area contributed by atoms with Crippen LogP contribution in [0.2, 0.25) is 0 Å². The van der Waals surface area contributed by atoms with Gasteiger partial charge in [-0.2, -0.15) is 10.6 Å². The SMILES string of the molecule is Cc1ccc2nc(N3CCS(O)(O)c4ccccc4C3)cc(N(C)C)c2c1. The smallest absolute Gasteiger partial charge is 0.131 e. The summed E-state index contributed by atoms with van der Waals surface area (Å²) >= 11 is 0. The second-order valence-corrected chi connectivity index (χ2v) is 9.50. The summed E-state index contributed by atoms with van der Waals surface area (Å²) in [6.45, 7) is 3.25. The average Bonchev–Trinajstić information content (AvgIpc) is 2.77. The Balaban J connectivity index is 1.82. The van der Waals surface area contributed by atoms with E-state index in [0.29, 0.717) is 23.7 Å². The highest BCUT2D eigenvalue weighted by atomic mass is 32.3. The maximum Gasteiger partial charge on any atom is 0.131 e. The molecule has 0 radical (unpaired) electrons. The van der Waals surface area contributed by atoms with Crippen molar-refractivity contribution in [3.63, 3.8) is 0 Å². The number of nitrogens with zero attached hydrogens (tertiary/aromatic N) is 3. The van der Waals surface area contributed by atoms with E-state index in [-0.39, 0.29) is 0 Å². The normalized spacial score (nSPS) is 17.3. The third-order valence-corrected chi connectivity index (χ3v) is 6.92. The van der Waals surface area contributed by atoms with E-state index >= 15 is 0 Å². The average molecular weight is 384 g/mol. The van der Waals surface area contributed by atoms with Crippen molar-refractivity contribution in [3.05, 3.63) is 59.7 Å². The number of anilines is 2. The van der Waals surface area contributed by atoms with Gasteiger partial charge in [-0.3, -0.25) is 9.11 Å². The first-order valence-electron chi connectivity index (χ1n) is 9.03. The molecule has 2 heterocycles. The lowest BCUT2D eigenvalue weighted by molar-refractivity contribution is 0.488. The largest absolute Gasteiger partial charge is 0.377 e. The fourth-order valence-electron chi connectivity index (χ4n) is 3.62. The molecule has 1 aliphatic heterocycles. The van der Waals surface area contributed by atoms with Gasteiger partial charge in [0.05, 0.1) is 16.2 Å². The number of hydrogen-bond acceptors (Lipinski definition) is 5. The summed E-state index contributed by atoms with van der Waals surface area (Å²) in [6, 6.07) is 16.0. The minimum absolute atomic E-state index is 0.314. The van der Waals surface area contributed by atoms with Crippen molar-refractivity contribution in [3.8, 4) is 0 Å². The van der Waals surface area contributed by atoms with Gasteiger partial charge in [-0.25, -0.2) is 4.98 Å². The Hall–Kier alpha value is -2.28. The van der Waals surface area contributed by atoms with Crippen molar-refractivity contribution in [1.29, 1.82) is 0 Å². The van der Waals surface area contributed by atoms with Crippen LogP contribution in [0.5, 0.6) is 0 Å². The summed E-state index contributed by atoms with van der Waals surface area (Å²) in [5.41, 5.74) is 4.22. The van der Waals surface area contributed by atoms with Crippen molar-refractivity contribution >= 4 is 33.0 Å². The summed E-state index contributed by atoms with van der Waals surface area (Å²) in [4.78, 5) is 9.80. The highest BCUT2D eigenvalue weighted by Crippen LogP contribution is 2.51. The fourth-order valence-corrected chi connectivity index (χ4v) is 5.17. The van der Waals surface area contributed by atoms with Crippen LogP contribution in [0.4, 0.5) is 11.5 Å². The van der Waals surface area contributed by atoms with Crippen molar-refractivity contribution in [2.24, 2.45) is 0 Å². The van der Waals surface area contributed by atoms with E-state index in [0.717, 1.165) is 28.0 Å². The summed E-state index contributed by atoms with van der Waals surface area (Å²) in [6.07, 6.45) is 0. The third kappa shape index (κ3) is 3.36. The molecule has 1 aromatic heterocycles. The number of aromatic nitrogens is 1. The molecule has 0 fully saturated rings. The van der Waals surface area contributed by atoms with Crippen molar-refractivity contribution in [1.82, 2.24) is 4.98 Å². The molecule has 0 bridgehead atoms. The number of aryl methyl sites for hydroxylation is 1. The first-order chi connectivity index (χ1) is 12.8. The second-order valence-electron chi connectivity index (χ2n) is 7.31. The van der Waals surface area contributed by atoms with Gasteiger partial charge in [0.2, 0.25) is 0 Å². The van der Waals surface area contributed by atoms with Gasteiger partial charge >= 0.3 is 0 Å². The minimum atomic E-state index is -2.77. The Morgan fingerprint density at radius 3 is 2.63 bits per heavy atom. The van der Waals surface area contributed by atoms with Crippen molar-refractivity contribution in [2.75, 3.05) is 36.2 Å². The van der Waals surface area contributed by atoms with Crippen LogP contribution in [0.25, 0.3) is 10.9 Å². The van der Waals surface area contributed by atoms with Crippen LogP contribution in [-0.2, 0) is 6.54 Å². The predicted molar refractivity (Wildman–Crippen MR) is 114 cm³/mol. The summed E-state index contributed by atoms with van der Waals surface area (Å²) in [5.74, 6) is 1.18. The third-order valence-electron chi connectivity index (χ3n) is 5.07. The molecule has 27 heavy (non-hydrogen) atoms. The van der Waals surface area contributed by atoms with Gasteiger partial charge in [0.1, 0.15) is 5.82 Å². The van der Waals surface area contributed by atoms with E-state index in [2.05, 4.69) is 41.0 Å². The quantitative estimate of drug-likeness (QED) is 0.669. The van der Waals surface area contributed by atoms with E-state index in [1.54, 1.807) is 0 Å². The molecule has 5 nitrogen and oxygen atoms in total. The van der Waals surface area contributed by atoms with E-state index in [4.69, 9.17) is 4.98 Å². The molecule has 0 saturated heterocycles. The zero-order valence-electron chi connectivity index (χ0n) is 15.9. The van der Waals surface area contributed by atoms with Crippen LogP contribution in [0.15, 0.2) is 53.4 Å². The first-order valence-corrected chi connectivity index (χ1v) is 10.7. The maximum atomic E-state index is 10.6. The van der Waals surface area contributed by atoms with E-state index in [1.165, 1.54) is 5.56 Å². The van der Waals surface area contributed by atoms with Gasteiger partial charge in [0, 0.05) is 44.3 Å². The highest BCUT2D eigenvalue weighted by molar-refractivity contribution is 8.24. The zero-order valence-corrected chi connectivity index (χ0v) is 16.7. The molecule has 1 aliphatic rings. The molecule has 0 amide bonds. The number of fused-ring (bicyclic) bond motifs is 2. The lowest BCUT2D eigenvalue weighted by atomic mass is 10.1. The standard InChI is InChI=1S/C21H25N3O2S/c1-15-8-9-18-17(12-15)19(23(2)3)13-21(22-18)24-10-11-27(25,26)20-7-5-4-6-16(20)14-24/h4-9,12-13,25-26H,10-11,14H2,1-3H3. The van der Waals surface area contributed by atoms with Gasteiger partial charge in [0.25, 0.3) is 0 Å².